The van der Waals surface area contributed by atoms with E-state index in [-0.39, 0.29) is 10.8 Å². The first-order chi connectivity index (χ1) is 8.44. The Morgan fingerprint density at radius 3 is 2.61 bits per heavy atom. The molecule has 0 unspecified atom stereocenters. The third-order valence-corrected chi connectivity index (χ3v) is 3.54. The van der Waals surface area contributed by atoms with Gasteiger partial charge in [0.2, 0.25) is 0 Å². The van der Waals surface area contributed by atoms with E-state index in [1.807, 2.05) is 4.90 Å². The number of carboxylic acid groups (broad SMARTS) is 1. The summed E-state index contributed by atoms with van der Waals surface area (Å²) < 4.78 is 0. The zero-order valence-corrected chi connectivity index (χ0v) is 10.4. The Bertz CT molecular complexity index is 473. The summed E-state index contributed by atoms with van der Waals surface area (Å²) in [5, 5.41) is 9.33. The van der Waals surface area contributed by atoms with Crippen molar-refractivity contribution in [2.75, 3.05) is 23.7 Å². The highest BCUT2D eigenvalue weighted by Gasteiger charge is 2.38. The maximum atomic E-state index is 11.0. The Hall–Kier alpha value is -1.60. The lowest BCUT2D eigenvalue weighted by Gasteiger charge is -2.37. The minimum Gasteiger partial charge on any atom is -0.480 e. The standard InChI is InChI=1S/C10H14ClN5O2/c11-6-7(12)14-5-15-8(6)16-3-1-10(13,2-4-16)9(17)18/h5H,1-4,13H2,(H,17,18)(H2,12,14,15). The number of hydrogen-bond acceptors (Lipinski definition) is 6. The van der Waals surface area contributed by atoms with Gasteiger partial charge in [0, 0.05) is 13.1 Å². The monoisotopic (exact) mass is 271 g/mol. The van der Waals surface area contributed by atoms with Crippen molar-refractivity contribution in [1.29, 1.82) is 0 Å². The molecule has 1 aromatic rings. The number of hydrogen-bond donors (Lipinski definition) is 3. The second-order valence-corrected chi connectivity index (χ2v) is 4.72. The van der Waals surface area contributed by atoms with E-state index in [1.54, 1.807) is 0 Å². The first kappa shape index (κ1) is 12.8. The lowest BCUT2D eigenvalue weighted by Crippen LogP contribution is -2.55. The van der Waals surface area contributed by atoms with Crippen LogP contribution in [-0.4, -0.2) is 39.7 Å². The van der Waals surface area contributed by atoms with Gasteiger partial charge in [0.15, 0.2) is 5.82 Å². The van der Waals surface area contributed by atoms with Crippen LogP contribution in [0.15, 0.2) is 6.33 Å². The molecule has 0 saturated carbocycles. The lowest BCUT2D eigenvalue weighted by molar-refractivity contribution is -0.144. The number of carbonyl (C=O) groups is 1. The molecule has 0 aromatic carbocycles. The lowest BCUT2D eigenvalue weighted by atomic mass is 9.89. The number of carboxylic acids is 1. The average Bonchev–Trinajstić information content (AvgIpc) is 2.34. The highest BCUT2D eigenvalue weighted by atomic mass is 35.5. The Balaban J connectivity index is 2.15. The molecule has 0 spiro atoms. The zero-order valence-electron chi connectivity index (χ0n) is 9.64. The summed E-state index contributed by atoms with van der Waals surface area (Å²) in [6.07, 6.45) is 2.00. The van der Waals surface area contributed by atoms with E-state index in [1.165, 1.54) is 6.33 Å². The van der Waals surface area contributed by atoms with E-state index in [0.717, 1.165) is 0 Å². The van der Waals surface area contributed by atoms with Crippen LogP contribution in [0.25, 0.3) is 0 Å². The SMILES string of the molecule is Nc1ncnc(N2CCC(N)(C(=O)O)CC2)c1Cl. The van der Waals surface area contributed by atoms with Gasteiger partial charge in [-0.15, -0.1) is 0 Å². The fourth-order valence-corrected chi connectivity index (χ4v) is 2.14. The van der Waals surface area contributed by atoms with Gasteiger partial charge in [-0.3, -0.25) is 4.79 Å². The third kappa shape index (κ3) is 2.19. The fourth-order valence-electron chi connectivity index (χ4n) is 1.93. The molecule has 98 valence electrons. The van der Waals surface area contributed by atoms with Crippen molar-refractivity contribution in [1.82, 2.24) is 9.97 Å². The summed E-state index contributed by atoms with van der Waals surface area (Å²) >= 11 is 6.02. The van der Waals surface area contributed by atoms with Crippen molar-refractivity contribution >= 4 is 29.2 Å². The quantitative estimate of drug-likeness (QED) is 0.698. The fraction of sp³-hybridized carbons (Fsp3) is 0.500. The number of halogens is 1. The Morgan fingerprint density at radius 2 is 2.06 bits per heavy atom. The van der Waals surface area contributed by atoms with Gasteiger partial charge >= 0.3 is 5.97 Å². The molecule has 0 atom stereocenters. The minimum atomic E-state index is -1.17. The molecule has 0 aliphatic carbocycles. The maximum absolute atomic E-state index is 11.0. The molecule has 1 fully saturated rings. The highest BCUT2D eigenvalue weighted by molar-refractivity contribution is 6.35. The van der Waals surface area contributed by atoms with Gasteiger partial charge in [0.25, 0.3) is 0 Å². The van der Waals surface area contributed by atoms with Crippen molar-refractivity contribution in [2.45, 2.75) is 18.4 Å². The number of aromatic nitrogens is 2. The first-order valence-corrected chi connectivity index (χ1v) is 5.85. The maximum Gasteiger partial charge on any atom is 0.323 e. The Labute approximate surface area is 109 Å². The molecule has 18 heavy (non-hydrogen) atoms. The molecular weight excluding hydrogens is 258 g/mol. The van der Waals surface area contributed by atoms with Crippen LogP contribution in [0.2, 0.25) is 5.02 Å². The number of anilines is 2. The van der Waals surface area contributed by atoms with E-state index in [9.17, 15) is 4.79 Å². The molecule has 7 nitrogen and oxygen atoms in total. The average molecular weight is 272 g/mol. The summed E-state index contributed by atoms with van der Waals surface area (Å²) in [6, 6.07) is 0. The van der Waals surface area contributed by atoms with Gasteiger partial charge in [0.05, 0.1) is 0 Å². The number of aliphatic carboxylic acids is 1. The molecule has 0 radical (unpaired) electrons. The third-order valence-electron chi connectivity index (χ3n) is 3.18. The molecule has 1 saturated heterocycles. The number of piperidine rings is 1. The molecule has 1 aliphatic heterocycles. The van der Waals surface area contributed by atoms with Crippen LogP contribution in [-0.2, 0) is 4.79 Å². The number of rotatable bonds is 2. The predicted molar refractivity (Wildman–Crippen MR) is 67.5 cm³/mol. The van der Waals surface area contributed by atoms with Crippen molar-refractivity contribution < 1.29 is 9.90 Å². The molecule has 2 rings (SSSR count). The largest absolute Gasteiger partial charge is 0.480 e. The second kappa shape index (κ2) is 4.58. The van der Waals surface area contributed by atoms with E-state index in [0.29, 0.717) is 31.7 Å². The van der Waals surface area contributed by atoms with Gasteiger partial charge in [-0.25, -0.2) is 9.97 Å². The zero-order chi connectivity index (χ0) is 13.3. The number of nitrogens with two attached hydrogens (primary N) is 2. The number of nitrogen functional groups attached to an aromatic ring is 1. The first-order valence-electron chi connectivity index (χ1n) is 5.47. The van der Waals surface area contributed by atoms with Crippen LogP contribution in [0.3, 0.4) is 0 Å². The van der Waals surface area contributed by atoms with Crippen LogP contribution >= 0.6 is 11.6 Å². The smallest absolute Gasteiger partial charge is 0.323 e. The summed E-state index contributed by atoms with van der Waals surface area (Å²) in [5.41, 5.74) is 10.2. The van der Waals surface area contributed by atoms with E-state index >= 15 is 0 Å². The van der Waals surface area contributed by atoms with Crippen LogP contribution in [0.4, 0.5) is 11.6 Å². The van der Waals surface area contributed by atoms with E-state index < -0.39 is 11.5 Å². The van der Waals surface area contributed by atoms with E-state index in [2.05, 4.69) is 9.97 Å². The predicted octanol–water partition coefficient (Wildman–Crippen LogP) is 0.0945. The molecule has 8 heteroatoms. The van der Waals surface area contributed by atoms with Crippen molar-refractivity contribution in [3.63, 3.8) is 0 Å². The molecule has 2 heterocycles. The summed E-state index contributed by atoms with van der Waals surface area (Å²) in [7, 11) is 0. The van der Waals surface area contributed by atoms with Crippen molar-refractivity contribution in [3.8, 4) is 0 Å². The molecule has 0 bridgehead atoms. The van der Waals surface area contributed by atoms with Gasteiger partial charge in [-0.2, -0.15) is 0 Å². The van der Waals surface area contributed by atoms with Gasteiger partial charge < -0.3 is 21.5 Å². The topological polar surface area (TPSA) is 118 Å². The van der Waals surface area contributed by atoms with Gasteiger partial charge in [-0.05, 0) is 12.8 Å². The molecular formula is C10H14ClN5O2. The van der Waals surface area contributed by atoms with Crippen LogP contribution in [0.5, 0.6) is 0 Å². The summed E-state index contributed by atoms with van der Waals surface area (Å²) in [4.78, 5) is 20.7. The molecule has 5 N–H and O–H groups in total. The summed E-state index contributed by atoms with van der Waals surface area (Å²) in [6.45, 7) is 0.942. The molecule has 1 aliphatic rings. The number of nitrogens with zero attached hydrogens (tertiary/aromatic N) is 3. The highest BCUT2D eigenvalue weighted by Crippen LogP contribution is 2.30. The van der Waals surface area contributed by atoms with E-state index in [4.69, 9.17) is 28.2 Å². The van der Waals surface area contributed by atoms with Crippen LogP contribution in [0, 0.1) is 0 Å². The van der Waals surface area contributed by atoms with Crippen LogP contribution < -0.4 is 16.4 Å². The minimum absolute atomic E-state index is 0.212. The normalized spacial score (nSPS) is 18.7. The summed E-state index contributed by atoms with van der Waals surface area (Å²) in [5.74, 6) is -0.239. The molecule has 1 aromatic heterocycles. The van der Waals surface area contributed by atoms with Crippen molar-refractivity contribution in [2.24, 2.45) is 5.73 Å². The molecule has 0 amide bonds. The van der Waals surface area contributed by atoms with Crippen molar-refractivity contribution in [3.05, 3.63) is 11.3 Å². The second-order valence-electron chi connectivity index (χ2n) is 4.34. The van der Waals surface area contributed by atoms with Gasteiger partial charge in [-0.1, -0.05) is 11.6 Å². The van der Waals surface area contributed by atoms with Crippen LogP contribution in [0.1, 0.15) is 12.8 Å². The Kier molecular flexibility index (Phi) is 3.27. The van der Waals surface area contributed by atoms with Gasteiger partial charge in [0.1, 0.15) is 22.7 Å². The Morgan fingerprint density at radius 1 is 1.44 bits per heavy atom.